The van der Waals surface area contributed by atoms with E-state index in [1.165, 1.54) is 6.20 Å². The first kappa shape index (κ1) is 8.25. The molecular formula is C6H5IN2O2. The van der Waals surface area contributed by atoms with Crippen molar-refractivity contribution in [2.75, 3.05) is 0 Å². The maximum absolute atomic E-state index is 10.9. The van der Waals surface area contributed by atoms with E-state index in [1.54, 1.807) is 10.2 Å². The quantitative estimate of drug-likeness (QED) is 0.724. The summed E-state index contributed by atoms with van der Waals surface area (Å²) in [4.78, 5) is 25.9. The molecule has 0 aromatic carbocycles. The minimum absolute atomic E-state index is 0.373. The third-order valence-corrected chi connectivity index (χ3v) is 1.45. The van der Waals surface area contributed by atoms with E-state index in [-0.39, 0.29) is 5.56 Å². The van der Waals surface area contributed by atoms with Crippen LogP contribution in [0, 0.1) is 0 Å². The molecule has 1 aromatic heterocycles. The van der Waals surface area contributed by atoms with Gasteiger partial charge in [-0.25, -0.2) is 4.79 Å². The Labute approximate surface area is 75.5 Å². The Hall–Kier alpha value is -0.850. The van der Waals surface area contributed by atoms with E-state index in [1.807, 2.05) is 22.6 Å². The van der Waals surface area contributed by atoms with E-state index in [2.05, 4.69) is 9.97 Å². The number of hydrogen-bond acceptors (Lipinski definition) is 2. The molecule has 1 rings (SSSR count). The third-order valence-electron chi connectivity index (χ3n) is 1.09. The monoisotopic (exact) mass is 264 g/mol. The highest BCUT2D eigenvalue weighted by atomic mass is 127. The molecule has 0 radical (unpaired) electrons. The smallest absolute Gasteiger partial charge is 0.314 e. The van der Waals surface area contributed by atoms with Crippen LogP contribution in [0.15, 0.2) is 19.9 Å². The molecule has 11 heavy (non-hydrogen) atoms. The second-order valence-electron chi connectivity index (χ2n) is 1.82. The van der Waals surface area contributed by atoms with Gasteiger partial charge in [0.25, 0.3) is 5.56 Å². The van der Waals surface area contributed by atoms with Crippen molar-refractivity contribution in [1.29, 1.82) is 0 Å². The summed E-state index contributed by atoms with van der Waals surface area (Å²) in [6, 6.07) is 0. The highest BCUT2D eigenvalue weighted by Crippen LogP contribution is 1.92. The Morgan fingerprint density at radius 2 is 2.18 bits per heavy atom. The Balaban J connectivity index is 3.31. The van der Waals surface area contributed by atoms with Gasteiger partial charge in [-0.15, -0.1) is 0 Å². The summed E-state index contributed by atoms with van der Waals surface area (Å²) < 4.78 is 1.70. The van der Waals surface area contributed by atoms with Gasteiger partial charge in [0.2, 0.25) is 0 Å². The van der Waals surface area contributed by atoms with Crippen LogP contribution in [0.2, 0.25) is 0 Å². The minimum Gasteiger partial charge on any atom is -0.314 e. The lowest BCUT2D eigenvalue weighted by atomic mass is 10.3. The van der Waals surface area contributed by atoms with Crippen LogP contribution < -0.4 is 11.2 Å². The van der Waals surface area contributed by atoms with E-state index in [4.69, 9.17) is 0 Å². The molecule has 0 fully saturated rings. The summed E-state index contributed by atoms with van der Waals surface area (Å²) in [6.07, 6.45) is 2.98. The number of aromatic nitrogens is 2. The number of aromatic amines is 2. The second kappa shape index (κ2) is 3.51. The average molecular weight is 264 g/mol. The van der Waals surface area contributed by atoms with Gasteiger partial charge in [-0.05, 0) is 10.2 Å². The van der Waals surface area contributed by atoms with Crippen LogP contribution in [0.5, 0.6) is 0 Å². The van der Waals surface area contributed by atoms with Gasteiger partial charge in [-0.2, -0.15) is 0 Å². The fraction of sp³-hybridized carbons (Fsp3) is 0. The van der Waals surface area contributed by atoms with Crippen molar-refractivity contribution in [3.63, 3.8) is 0 Å². The highest BCUT2D eigenvalue weighted by molar-refractivity contribution is 14.1. The van der Waals surface area contributed by atoms with Crippen LogP contribution >= 0.6 is 22.6 Å². The molecule has 0 saturated heterocycles. The molecule has 58 valence electrons. The van der Waals surface area contributed by atoms with Crippen LogP contribution in [0.25, 0.3) is 6.08 Å². The Morgan fingerprint density at radius 1 is 1.45 bits per heavy atom. The van der Waals surface area contributed by atoms with E-state index in [0.29, 0.717) is 5.56 Å². The molecule has 4 nitrogen and oxygen atoms in total. The van der Waals surface area contributed by atoms with Gasteiger partial charge in [0.05, 0.1) is 5.56 Å². The largest absolute Gasteiger partial charge is 0.325 e. The van der Waals surface area contributed by atoms with Gasteiger partial charge in [-0.3, -0.25) is 9.78 Å². The van der Waals surface area contributed by atoms with Crippen molar-refractivity contribution in [2.45, 2.75) is 0 Å². The molecule has 0 aliphatic rings. The first-order valence-corrected chi connectivity index (χ1v) is 4.07. The summed E-state index contributed by atoms with van der Waals surface area (Å²) in [5.41, 5.74) is -0.415. The van der Waals surface area contributed by atoms with Crippen molar-refractivity contribution in [1.82, 2.24) is 9.97 Å². The lowest BCUT2D eigenvalue weighted by Gasteiger charge is -1.87. The van der Waals surface area contributed by atoms with Crippen LogP contribution in [0.1, 0.15) is 5.56 Å². The lowest BCUT2D eigenvalue weighted by molar-refractivity contribution is 1.03. The van der Waals surface area contributed by atoms with Gasteiger partial charge in [0.15, 0.2) is 0 Å². The predicted molar refractivity (Wildman–Crippen MR) is 50.7 cm³/mol. The summed E-state index contributed by atoms with van der Waals surface area (Å²) >= 11 is 1.99. The molecule has 0 amide bonds. The normalized spacial score (nSPS) is 10.6. The van der Waals surface area contributed by atoms with Gasteiger partial charge >= 0.3 is 5.69 Å². The number of hydrogen-bond donors (Lipinski definition) is 2. The van der Waals surface area contributed by atoms with Gasteiger partial charge in [-0.1, -0.05) is 22.6 Å². The molecule has 0 aliphatic heterocycles. The van der Waals surface area contributed by atoms with Gasteiger partial charge in [0, 0.05) is 6.20 Å². The summed E-state index contributed by atoms with van der Waals surface area (Å²) in [5, 5.41) is 0. The predicted octanol–water partition coefficient (Wildman–Crippen LogP) is 0.469. The van der Waals surface area contributed by atoms with E-state index >= 15 is 0 Å². The zero-order valence-corrected chi connectivity index (χ0v) is 7.58. The number of nitrogens with one attached hydrogen (secondary N) is 2. The maximum atomic E-state index is 10.9. The number of halogens is 1. The zero-order chi connectivity index (χ0) is 8.27. The average Bonchev–Trinajstić information content (AvgIpc) is 1.95. The Kier molecular flexibility index (Phi) is 2.64. The SMILES string of the molecule is O=c1[nH]cc(/C=C/I)c(=O)[nH]1. The molecule has 1 heterocycles. The second-order valence-corrected chi connectivity index (χ2v) is 2.54. The molecule has 1 aromatic rings. The Morgan fingerprint density at radius 3 is 2.73 bits per heavy atom. The van der Waals surface area contributed by atoms with Crippen molar-refractivity contribution < 1.29 is 0 Å². The molecule has 0 atom stereocenters. The summed E-state index contributed by atoms with van der Waals surface area (Å²) in [6.45, 7) is 0. The summed E-state index contributed by atoms with van der Waals surface area (Å²) in [7, 11) is 0. The first-order chi connectivity index (χ1) is 5.24. The van der Waals surface area contributed by atoms with Crippen molar-refractivity contribution in [2.24, 2.45) is 0 Å². The fourth-order valence-electron chi connectivity index (χ4n) is 0.612. The number of H-pyrrole nitrogens is 2. The highest BCUT2D eigenvalue weighted by Gasteiger charge is 1.92. The van der Waals surface area contributed by atoms with Crippen molar-refractivity contribution >= 4 is 28.7 Å². The Bertz CT molecular complexity index is 377. The molecule has 0 bridgehead atoms. The third kappa shape index (κ3) is 2.04. The van der Waals surface area contributed by atoms with Crippen LogP contribution in [0.3, 0.4) is 0 Å². The van der Waals surface area contributed by atoms with E-state index in [9.17, 15) is 9.59 Å². The van der Waals surface area contributed by atoms with Crippen LogP contribution in [0.4, 0.5) is 0 Å². The van der Waals surface area contributed by atoms with E-state index in [0.717, 1.165) is 0 Å². The topological polar surface area (TPSA) is 65.7 Å². The number of rotatable bonds is 1. The van der Waals surface area contributed by atoms with Crippen molar-refractivity contribution in [3.05, 3.63) is 36.7 Å². The molecular weight excluding hydrogens is 259 g/mol. The minimum atomic E-state index is -0.486. The van der Waals surface area contributed by atoms with Crippen molar-refractivity contribution in [3.8, 4) is 0 Å². The molecule has 0 unspecified atom stereocenters. The van der Waals surface area contributed by atoms with E-state index < -0.39 is 5.69 Å². The van der Waals surface area contributed by atoms with Gasteiger partial charge < -0.3 is 4.98 Å². The van der Waals surface area contributed by atoms with Crippen LogP contribution in [-0.2, 0) is 0 Å². The maximum Gasteiger partial charge on any atom is 0.325 e. The van der Waals surface area contributed by atoms with Gasteiger partial charge in [0.1, 0.15) is 0 Å². The zero-order valence-electron chi connectivity index (χ0n) is 5.43. The first-order valence-electron chi connectivity index (χ1n) is 2.83. The molecule has 0 saturated carbocycles. The standard InChI is InChI=1S/C6H5IN2O2/c7-2-1-4-3-8-6(11)9-5(4)10/h1-3H,(H2,8,9,10,11)/b2-1+. The van der Waals surface area contributed by atoms with Crippen LogP contribution in [-0.4, -0.2) is 9.97 Å². The molecule has 5 heteroatoms. The molecule has 2 N–H and O–H groups in total. The fourth-order valence-corrected chi connectivity index (χ4v) is 0.999. The molecule has 0 aliphatic carbocycles. The summed E-state index contributed by atoms with van der Waals surface area (Å²) in [5.74, 6) is 0. The lowest BCUT2D eigenvalue weighted by Crippen LogP contribution is -2.22. The molecule has 0 spiro atoms.